The number of nitrogens with zero attached hydrogens (tertiary/aromatic N) is 2. The Balaban J connectivity index is 1.62. The maximum absolute atomic E-state index is 14.8. The number of amides is 1. The van der Waals surface area contributed by atoms with Gasteiger partial charge in [0.15, 0.2) is 6.10 Å². The zero-order valence-electron chi connectivity index (χ0n) is 18.9. The molecule has 0 saturated heterocycles. The van der Waals surface area contributed by atoms with Crippen LogP contribution in [0.25, 0.3) is 22.3 Å². The van der Waals surface area contributed by atoms with Crippen LogP contribution in [0.5, 0.6) is 0 Å². The van der Waals surface area contributed by atoms with Crippen molar-refractivity contribution in [1.29, 1.82) is 0 Å². The van der Waals surface area contributed by atoms with Crippen LogP contribution in [0.2, 0.25) is 0 Å². The van der Waals surface area contributed by atoms with E-state index in [4.69, 9.17) is 9.72 Å². The number of fused-ring (bicyclic) bond motifs is 5. The van der Waals surface area contributed by atoms with Crippen molar-refractivity contribution in [2.24, 2.45) is 0 Å². The summed E-state index contributed by atoms with van der Waals surface area (Å²) < 4.78 is 21.3. The fourth-order valence-electron chi connectivity index (χ4n) is 5.61. The van der Waals surface area contributed by atoms with Crippen molar-refractivity contribution in [3.8, 4) is 11.4 Å². The number of cyclic esters (lactones) is 1. The molecular weight excluding hydrogens is 457 g/mol. The number of benzene rings is 1. The number of ether oxygens (including phenoxy) is 1. The highest BCUT2D eigenvalue weighted by Crippen LogP contribution is 2.45. The van der Waals surface area contributed by atoms with Crippen LogP contribution in [0.1, 0.15) is 58.4 Å². The molecule has 180 valence electrons. The van der Waals surface area contributed by atoms with E-state index in [0.717, 1.165) is 22.1 Å². The van der Waals surface area contributed by atoms with Crippen LogP contribution in [0.4, 0.5) is 4.39 Å². The van der Waals surface area contributed by atoms with E-state index in [9.17, 15) is 29.0 Å². The molecule has 0 spiro atoms. The number of hydrogen-bond donors (Lipinski definition) is 3. The molecule has 0 bridgehead atoms. The van der Waals surface area contributed by atoms with Gasteiger partial charge in [-0.25, -0.2) is 14.2 Å². The summed E-state index contributed by atoms with van der Waals surface area (Å²) in [5, 5.41) is 23.3. The molecule has 2 aliphatic heterocycles. The number of nitrogens with one attached hydrogen (secondary N) is 1. The molecule has 9 nitrogen and oxygen atoms in total. The minimum Gasteiger partial charge on any atom is -0.458 e. The van der Waals surface area contributed by atoms with E-state index in [1.165, 1.54) is 10.6 Å². The molecular formula is C25H22FN3O6. The average molecular weight is 479 g/mol. The molecule has 1 unspecified atom stereocenters. The average Bonchev–Trinajstić information content (AvgIpc) is 3.19. The second kappa shape index (κ2) is 7.69. The molecule has 3 aromatic rings. The molecule has 0 fully saturated rings. The maximum Gasteiger partial charge on any atom is 0.340 e. The number of pyridine rings is 2. The summed E-state index contributed by atoms with van der Waals surface area (Å²) in [6, 6.07) is 2.54. The molecule has 10 heteroatoms. The van der Waals surface area contributed by atoms with E-state index < -0.39 is 23.7 Å². The molecule has 4 heterocycles. The third kappa shape index (κ3) is 3.06. The summed E-state index contributed by atoms with van der Waals surface area (Å²) in [6.07, 6.45) is -0.536. The highest BCUT2D eigenvalue weighted by molar-refractivity contribution is 5.93. The second-order valence-electron chi connectivity index (χ2n) is 9.21. The zero-order valence-corrected chi connectivity index (χ0v) is 18.9. The number of aliphatic hydroxyl groups is 2. The minimum atomic E-state index is -1.57. The van der Waals surface area contributed by atoms with Gasteiger partial charge < -0.3 is 24.8 Å². The van der Waals surface area contributed by atoms with Crippen LogP contribution < -0.4 is 10.9 Å². The molecule has 1 amide bonds. The number of aliphatic hydroxyl groups excluding tert-OH is 2. The van der Waals surface area contributed by atoms with Gasteiger partial charge in [-0.1, -0.05) is 0 Å². The van der Waals surface area contributed by atoms with Gasteiger partial charge in [-0.3, -0.25) is 9.59 Å². The fraction of sp³-hybridized carbons (Fsp3) is 0.360. The summed E-state index contributed by atoms with van der Waals surface area (Å²) in [4.78, 5) is 42.4. The lowest BCUT2D eigenvalue weighted by atomic mass is 9.81. The van der Waals surface area contributed by atoms with E-state index in [1.807, 2.05) is 0 Å². The lowest BCUT2D eigenvalue weighted by Crippen LogP contribution is -2.33. The Kier molecular flexibility index (Phi) is 4.81. The van der Waals surface area contributed by atoms with E-state index in [0.29, 0.717) is 35.3 Å². The number of rotatable bonds is 3. The van der Waals surface area contributed by atoms with Gasteiger partial charge >= 0.3 is 5.97 Å². The highest BCUT2D eigenvalue weighted by atomic mass is 19.1. The maximum atomic E-state index is 14.8. The van der Waals surface area contributed by atoms with Crippen LogP contribution in [-0.4, -0.2) is 38.2 Å². The van der Waals surface area contributed by atoms with E-state index in [-0.39, 0.29) is 49.0 Å². The number of esters is 1. The molecule has 1 aliphatic carbocycles. The van der Waals surface area contributed by atoms with Gasteiger partial charge in [0, 0.05) is 29.0 Å². The lowest BCUT2D eigenvalue weighted by molar-refractivity contribution is -0.157. The van der Waals surface area contributed by atoms with Gasteiger partial charge in [0.2, 0.25) is 5.91 Å². The van der Waals surface area contributed by atoms with E-state index in [1.54, 1.807) is 13.0 Å². The predicted molar refractivity (Wildman–Crippen MR) is 121 cm³/mol. The van der Waals surface area contributed by atoms with Crippen molar-refractivity contribution in [3.05, 3.63) is 61.7 Å². The number of carbonyl (C=O) groups excluding carboxylic acids is 2. The Hall–Kier alpha value is -3.63. The first-order chi connectivity index (χ1) is 16.8. The number of aryl methyl sites for hydroxylation is 1. The van der Waals surface area contributed by atoms with Crippen LogP contribution in [0, 0.1) is 12.7 Å². The summed E-state index contributed by atoms with van der Waals surface area (Å²) in [5.74, 6) is -1.51. The molecule has 3 aliphatic rings. The van der Waals surface area contributed by atoms with Crippen molar-refractivity contribution in [2.75, 3.05) is 6.61 Å². The number of carbonyl (C=O) groups is 2. The Bertz CT molecular complexity index is 1530. The summed E-state index contributed by atoms with van der Waals surface area (Å²) >= 11 is 0. The molecule has 0 radical (unpaired) electrons. The topological polar surface area (TPSA) is 131 Å². The number of aromatic nitrogens is 2. The van der Waals surface area contributed by atoms with Crippen LogP contribution >= 0.6 is 0 Å². The number of hydrogen-bond acceptors (Lipinski definition) is 7. The first-order valence-electron chi connectivity index (χ1n) is 11.5. The quantitative estimate of drug-likeness (QED) is 0.379. The van der Waals surface area contributed by atoms with Crippen molar-refractivity contribution in [1.82, 2.24) is 14.9 Å². The smallest absolute Gasteiger partial charge is 0.340 e. The van der Waals surface area contributed by atoms with Gasteiger partial charge in [0.05, 0.1) is 41.7 Å². The lowest BCUT2D eigenvalue weighted by Gasteiger charge is -2.29. The predicted octanol–water partition coefficient (Wildman–Crippen LogP) is 1.45. The highest BCUT2D eigenvalue weighted by Gasteiger charge is 2.37. The van der Waals surface area contributed by atoms with Crippen LogP contribution in [-0.2, 0) is 33.9 Å². The van der Waals surface area contributed by atoms with Crippen molar-refractivity contribution in [3.63, 3.8) is 0 Å². The van der Waals surface area contributed by atoms with Crippen molar-refractivity contribution >= 4 is 22.8 Å². The Morgan fingerprint density at radius 3 is 2.86 bits per heavy atom. The van der Waals surface area contributed by atoms with Crippen molar-refractivity contribution < 1.29 is 28.9 Å². The minimum absolute atomic E-state index is 0.0411. The summed E-state index contributed by atoms with van der Waals surface area (Å²) in [6.45, 7) is 1.40. The SMILES string of the molecule is Cc1c(F)cc2nc3c(c4c2c1CC[C@@H]4NC(=O)CCO)Cn1c-3cc2c(c1=O)COC(=O)C2O. The first kappa shape index (κ1) is 21.9. The van der Waals surface area contributed by atoms with Crippen LogP contribution in [0.3, 0.4) is 0 Å². The zero-order chi connectivity index (χ0) is 24.6. The largest absolute Gasteiger partial charge is 0.458 e. The van der Waals surface area contributed by atoms with Gasteiger partial charge in [-0.05, 0) is 42.5 Å². The third-order valence-corrected chi connectivity index (χ3v) is 7.32. The van der Waals surface area contributed by atoms with Gasteiger partial charge in [-0.2, -0.15) is 0 Å². The second-order valence-corrected chi connectivity index (χ2v) is 9.21. The van der Waals surface area contributed by atoms with E-state index in [2.05, 4.69) is 5.32 Å². The van der Waals surface area contributed by atoms with Crippen molar-refractivity contribution in [2.45, 2.75) is 51.5 Å². The van der Waals surface area contributed by atoms with Gasteiger partial charge in [0.1, 0.15) is 12.4 Å². The third-order valence-electron chi connectivity index (χ3n) is 7.32. The standard InChI is InChI=1S/C25H22FN3O6/c1-10-11-2-3-16(27-19(31)4-5-30)21-13-8-29-18(22(13)28-17(20(11)21)7-15(10)26)6-12-14(24(29)33)9-35-25(34)23(12)32/h6-7,16,23,30,32H,2-5,8-9H2,1H3,(H,27,31)/t16-,23?/m0/s1. The summed E-state index contributed by atoms with van der Waals surface area (Å²) in [7, 11) is 0. The normalized spacial score (nSPS) is 19.7. The Morgan fingerprint density at radius 2 is 2.09 bits per heavy atom. The first-order valence-corrected chi connectivity index (χ1v) is 11.5. The monoisotopic (exact) mass is 479 g/mol. The Labute approximate surface area is 198 Å². The molecule has 0 saturated carbocycles. The van der Waals surface area contributed by atoms with E-state index >= 15 is 0 Å². The van der Waals surface area contributed by atoms with Gasteiger partial charge in [-0.15, -0.1) is 0 Å². The molecule has 2 atom stereocenters. The molecule has 3 N–H and O–H groups in total. The van der Waals surface area contributed by atoms with Crippen LogP contribution in [0.15, 0.2) is 16.9 Å². The van der Waals surface area contributed by atoms with Gasteiger partial charge in [0.25, 0.3) is 5.56 Å². The Morgan fingerprint density at radius 1 is 1.29 bits per heavy atom. The molecule has 2 aromatic heterocycles. The molecule has 6 rings (SSSR count). The summed E-state index contributed by atoms with van der Waals surface area (Å²) in [5.41, 5.74) is 4.17. The molecule has 1 aromatic carbocycles. The molecule has 35 heavy (non-hydrogen) atoms. The number of halogens is 1. The fourth-order valence-corrected chi connectivity index (χ4v) is 5.61.